The molecule has 0 aliphatic rings. The van der Waals surface area contributed by atoms with Crippen LogP contribution in [-0.4, -0.2) is 24.1 Å². The first-order chi connectivity index (χ1) is 9.42. The molecule has 0 fully saturated rings. The normalized spacial score (nSPS) is 13.3. The summed E-state index contributed by atoms with van der Waals surface area (Å²) in [6.45, 7) is 3.65. The largest absolute Gasteiger partial charge is 0.497 e. The van der Waals surface area contributed by atoms with Crippen LogP contribution in [0, 0.1) is 5.92 Å². The van der Waals surface area contributed by atoms with Crippen molar-refractivity contribution in [1.82, 2.24) is 5.32 Å². The third-order valence-corrected chi connectivity index (χ3v) is 3.05. The molecule has 0 saturated heterocycles. The third kappa shape index (κ3) is 5.30. The number of aliphatic carboxylic acids is 1. The van der Waals surface area contributed by atoms with Crippen molar-refractivity contribution in [2.45, 2.75) is 32.7 Å². The van der Waals surface area contributed by atoms with Crippen LogP contribution < -0.4 is 10.1 Å². The van der Waals surface area contributed by atoms with Gasteiger partial charge in [0.2, 0.25) is 5.91 Å². The van der Waals surface area contributed by atoms with Crippen LogP contribution in [0.15, 0.2) is 24.3 Å². The predicted molar refractivity (Wildman–Crippen MR) is 75.6 cm³/mol. The van der Waals surface area contributed by atoms with Crippen LogP contribution in [0.2, 0.25) is 0 Å². The van der Waals surface area contributed by atoms with E-state index in [0.29, 0.717) is 0 Å². The van der Waals surface area contributed by atoms with Crippen molar-refractivity contribution in [2.75, 3.05) is 7.11 Å². The Morgan fingerprint density at radius 2 is 1.80 bits per heavy atom. The average molecular weight is 279 g/mol. The molecule has 0 aliphatic carbocycles. The third-order valence-electron chi connectivity index (χ3n) is 3.05. The molecule has 110 valence electrons. The smallest absolute Gasteiger partial charge is 0.303 e. The Morgan fingerprint density at radius 1 is 1.20 bits per heavy atom. The van der Waals surface area contributed by atoms with Crippen molar-refractivity contribution in [3.63, 3.8) is 0 Å². The van der Waals surface area contributed by atoms with Crippen LogP contribution in [0.1, 0.15) is 38.3 Å². The van der Waals surface area contributed by atoms with Crippen molar-refractivity contribution in [3.8, 4) is 5.75 Å². The number of carbonyl (C=O) groups excluding carboxylic acids is 1. The molecule has 2 unspecified atom stereocenters. The molecule has 0 bridgehead atoms. The molecule has 0 aliphatic heterocycles. The van der Waals surface area contributed by atoms with Gasteiger partial charge in [-0.1, -0.05) is 19.1 Å². The number of carboxylic acids is 1. The number of methoxy groups -OCH3 is 1. The maximum atomic E-state index is 11.8. The van der Waals surface area contributed by atoms with E-state index in [2.05, 4.69) is 5.32 Å². The number of hydrogen-bond acceptors (Lipinski definition) is 3. The Morgan fingerprint density at radius 3 is 2.30 bits per heavy atom. The topological polar surface area (TPSA) is 75.6 Å². The zero-order valence-corrected chi connectivity index (χ0v) is 12.1. The zero-order chi connectivity index (χ0) is 15.1. The first-order valence-electron chi connectivity index (χ1n) is 6.57. The monoisotopic (exact) mass is 279 g/mol. The van der Waals surface area contributed by atoms with Crippen LogP contribution in [0.3, 0.4) is 0 Å². The molecular weight excluding hydrogens is 258 g/mol. The van der Waals surface area contributed by atoms with Crippen LogP contribution in [0.25, 0.3) is 0 Å². The highest BCUT2D eigenvalue weighted by atomic mass is 16.5. The number of carbonyl (C=O) groups is 2. The van der Waals surface area contributed by atoms with Crippen LogP contribution >= 0.6 is 0 Å². The van der Waals surface area contributed by atoms with E-state index in [1.165, 1.54) is 0 Å². The zero-order valence-electron chi connectivity index (χ0n) is 12.1. The summed E-state index contributed by atoms with van der Waals surface area (Å²) in [6, 6.07) is 7.34. The van der Waals surface area contributed by atoms with E-state index in [9.17, 15) is 9.59 Å². The molecule has 5 heteroatoms. The molecule has 0 saturated carbocycles. The minimum atomic E-state index is -0.881. The fourth-order valence-corrected chi connectivity index (χ4v) is 1.96. The lowest BCUT2D eigenvalue weighted by Gasteiger charge is -2.16. The number of hydrogen-bond donors (Lipinski definition) is 2. The molecule has 2 atom stereocenters. The quantitative estimate of drug-likeness (QED) is 0.803. The van der Waals surface area contributed by atoms with Crippen molar-refractivity contribution >= 4 is 11.9 Å². The number of rotatable bonds is 7. The Bertz CT molecular complexity index is 455. The lowest BCUT2D eigenvalue weighted by molar-refractivity contribution is -0.138. The fraction of sp³-hybridized carbons (Fsp3) is 0.467. The van der Waals surface area contributed by atoms with Gasteiger partial charge in [-0.25, -0.2) is 0 Å². The number of carboxylic acid groups (broad SMARTS) is 1. The molecule has 1 aromatic carbocycles. The lowest BCUT2D eigenvalue weighted by atomic mass is 10.0. The molecule has 0 spiro atoms. The first kappa shape index (κ1) is 16.0. The molecular formula is C15H21NO4. The summed E-state index contributed by atoms with van der Waals surface area (Å²) in [5, 5.41) is 11.5. The second-order valence-electron chi connectivity index (χ2n) is 4.97. The molecule has 5 nitrogen and oxygen atoms in total. The SMILES string of the molecule is COc1ccc(C(C)NC(=O)CC(C)CC(=O)O)cc1. The number of benzene rings is 1. The molecule has 20 heavy (non-hydrogen) atoms. The van der Waals surface area contributed by atoms with E-state index in [-0.39, 0.29) is 30.7 Å². The summed E-state index contributed by atoms with van der Waals surface area (Å²) >= 11 is 0. The minimum Gasteiger partial charge on any atom is -0.497 e. The van der Waals surface area contributed by atoms with Gasteiger partial charge in [0.1, 0.15) is 5.75 Å². The highest BCUT2D eigenvalue weighted by Gasteiger charge is 2.15. The fourth-order valence-electron chi connectivity index (χ4n) is 1.96. The summed E-state index contributed by atoms with van der Waals surface area (Å²) in [5.41, 5.74) is 0.977. The molecule has 1 aromatic rings. The van der Waals surface area contributed by atoms with Gasteiger partial charge in [-0.05, 0) is 30.5 Å². The average Bonchev–Trinajstić information content (AvgIpc) is 2.37. The Kier molecular flexibility index (Phi) is 6.03. The Labute approximate surface area is 118 Å². The van der Waals surface area contributed by atoms with Gasteiger partial charge in [0.25, 0.3) is 0 Å². The highest BCUT2D eigenvalue weighted by Crippen LogP contribution is 2.17. The van der Waals surface area contributed by atoms with Crippen LogP contribution in [0.4, 0.5) is 0 Å². The van der Waals surface area contributed by atoms with Crippen molar-refractivity contribution < 1.29 is 19.4 Å². The summed E-state index contributed by atoms with van der Waals surface area (Å²) in [4.78, 5) is 22.4. The molecule has 0 heterocycles. The summed E-state index contributed by atoms with van der Waals surface area (Å²) in [5.74, 6) is -0.423. The van der Waals surface area contributed by atoms with E-state index >= 15 is 0 Å². The number of amides is 1. The van der Waals surface area contributed by atoms with E-state index in [1.807, 2.05) is 31.2 Å². The standard InChI is InChI=1S/C15H21NO4/c1-10(9-15(18)19)8-14(17)16-11(2)12-4-6-13(20-3)7-5-12/h4-7,10-11H,8-9H2,1-3H3,(H,16,17)(H,18,19). The van der Waals surface area contributed by atoms with E-state index < -0.39 is 5.97 Å². The molecule has 2 N–H and O–H groups in total. The van der Waals surface area contributed by atoms with Gasteiger partial charge in [-0.2, -0.15) is 0 Å². The maximum Gasteiger partial charge on any atom is 0.303 e. The first-order valence-corrected chi connectivity index (χ1v) is 6.57. The summed E-state index contributed by atoms with van der Waals surface area (Å²) < 4.78 is 5.08. The van der Waals surface area contributed by atoms with E-state index in [4.69, 9.17) is 9.84 Å². The van der Waals surface area contributed by atoms with Gasteiger partial charge in [0.05, 0.1) is 13.2 Å². The molecule has 0 aromatic heterocycles. The highest BCUT2D eigenvalue weighted by molar-refractivity contribution is 5.77. The minimum absolute atomic E-state index is 0.00430. The second-order valence-corrected chi connectivity index (χ2v) is 4.97. The Hall–Kier alpha value is -2.04. The second kappa shape index (κ2) is 7.53. The summed E-state index contributed by atoms with van der Waals surface area (Å²) in [7, 11) is 1.60. The molecule has 1 amide bonds. The van der Waals surface area contributed by atoms with Crippen molar-refractivity contribution in [2.24, 2.45) is 5.92 Å². The number of ether oxygens (including phenoxy) is 1. The predicted octanol–water partition coefficient (Wildman–Crippen LogP) is 2.37. The van der Waals surface area contributed by atoms with E-state index in [0.717, 1.165) is 11.3 Å². The van der Waals surface area contributed by atoms with Gasteiger partial charge in [-0.15, -0.1) is 0 Å². The molecule has 1 rings (SSSR count). The van der Waals surface area contributed by atoms with Gasteiger partial charge < -0.3 is 15.2 Å². The van der Waals surface area contributed by atoms with Gasteiger partial charge in [-0.3, -0.25) is 9.59 Å². The van der Waals surface area contributed by atoms with Crippen molar-refractivity contribution in [3.05, 3.63) is 29.8 Å². The van der Waals surface area contributed by atoms with Gasteiger partial charge in [0, 0.05) is 12.8 Å². The Balaban J connectivity index is 2.49. The van der Waals surface area contributed by atoms with Crippen LogP contribution in [0.5, 0.6) is 5.75 Å². The van der Waals surface area contributed by atoms with Crippen LogP contribution in [-0.2, 0) is 9.59 Å². The summed E-state index contributed by atoms with van der Waals surface area (Å²) in [6.07, 6.45) is 0.219. The van der Waals surface area contributed by atoms with Crippen molar-refractivity contribution in [1.29, 1.82) is 0 Å². The van der Waals surface area contributed by atoms with Gasteiger partial charge in [0.15, 0.2) is 0 Å². The maximum absolute atomic E-state index is 11.8. The number of nitrogens with one attached hydrogen (secondary N) is 1. The lowest BCUT2D eigenvalue weighted by Crippen LogP contribution is -2.28. The van der Waals surface area contributed by atoms with Gasteiger partial charge >= 0.3 is 5.97 Å². The van der Waals surface area contributed by atoms with E-state index in [1.54, 1.807) is 14.0 Å². The molecule has 0 radical (unpaired) electrons.